The zero-order chi connectivity index (χ0) is 22.3. The zero-order valence-corrected chi connectivity index (χ0v) is 18.2. The van der Waals surface area contributed by atoms with Gasteiger partial charge in [-0.25, -0.2) is 0 Å². The lowest BCUT2D eigenvalue weighted by Gasteiger charge is -2.19. The third-order valence-corrected chi connectivity index (χ3v) is 5.73. The van der Waals surface area contributed by atoms with E-state index in [1.54, 1.807) is 0 Å². The van der Waals surface area contributed by atoms with E-state index in [0.717, 1.165) is 41.7 Å². The number of carboxylic acids is 1. The van der Waals surface area contributed by atoms with Crippen LogP contribution in [0.2, 0.25) is 0 Å². The molecule has 0 aromatic heterocycles. The number of hydrogen-bond donors (Lipinski definition) is 1. The highest BCUT2D eigenvalue weighted by atomic mass is 16.6. The second-order valence-corrected chi connectivity index (χ2v) is 7.92. The van der Waals surface area contributed by atoms with E-state index in [2.05, 4.69) is 47.6 Å². The quantitative estimate of drug-likeness (QED) is 0.383. The number of hydrogen-bond acceptors (Lipinski definition) is 4. The van der Waals surface area contributed by atoms with Crippen LogP contribution >= 0.6 is 0 Å². The van der Waals surface area contributed by atoms with Crippen molar-refractivity contribution in [3.8, 4) is 16.9 Å². The Bertz CT molecular complexity index is 1120. The van der Waals surface area contributed by atoms with Gasteiger partial charge >= 0.3 is 5.97 Å². The molecule has 5 nitrogen and oxygen atoms in total. The minimum atomic E-state index is -0.854. The van der Waals surface area contributed by atoms with Crippen molar-refractivity contribution in [1.82, 2.24) is 0 Å². The van der Waals surface area contributed by atoms with Gasteiger partial charge in [-0.2, -0.15) is 0 Å². The van der Waals surface area contributed by atoms with Gasteiger partial charge in [-0.1, -0.05) is 65.8 Å². The number of aryl methyl sites for hydroxylation is 1. The van der Waals surface area contributed by atoms with Crippen molar-refractivity contribution in [2.24, 2.45) is 5.16 Å². The molecule has 1 N–H and O–H groups in total. The fourth-order valence-corrected chi connectivity index (χ4v) is 4.05. The van der Waals surface area contributed by atoms with Gasteiger partial charge in [0, 0.05) is 5.56 Å². The predicted octanol–water partition coefficient (Wildman–Crippen LogP) is 5.43. The number of carbonyl (C=O) groups is 1. The molecule has 0 saturated carbocycles. The summed E-state index contributed by atoms with van der Waals surface area (Å²) in [6.45, 7) is 2.54. The Morgan fingerprint density at radius 1 is 0.969 bits per heavy atom. The Hall–Kier alpha value is -3.60. The number of rotatable bonds is 8. The first-order valence-electron chi connectivity index (χ1n) is 10.9. The van der Waals surface area contributed by atoms with Crippen LogP contribution in [0.5, 0.6) is 5.75 Å². The van der Waals surface area contributed by atoms with E-state index in [4.69, 9.17) is 14.7 Å². The average molecular weight is 430 g/mol. The Balaban J connectivity index is 1.36. The summed E-state index contributed by atoms with van der Waals surface area (Å²) in [5.74, 6) is -0.176. The number of fused-ring (bicyclic) bond motifs is 1. The summed E-state index contributed by atoms with van der Waals surface area (Å²) in [6, 6.07) is 22.4. The molecule has 32 heavy (non-hydrogen) atoms. The van der Waals surface area contributed by atoms with Crippen LogP contribution in [-0.2, 0) is 22.5 Å². The standard InChI is InChI=1S/C27H27NO4/c1-19-21(18-27(29)30)9-6-12-26(19)31-15-16-32-28-25-11-5-10-23-17-22(13-14-24(23)25)20-7-3-2-4-8-20/h2-4,6-9,12-14,17H,5,10-11,15-16,18H2,1H3,(H,29,30)/b28-25+. The third kappa shape index (κ3) is 5.17. The number of benzene rings is 3. The maximum absolute atomic E-state index is 11.0. The summed E-state index contributed by atoms with van der Waals surface area (Å²) >= 11 is 0. The summed E-state index contributed by atoms with van der Waals surface area (Å²) in [5, 5.41) is 13.4. The SMILES string of the molecule is Cc1c(CC(=O)O)cccc1OCCO/N=C1\CCCc2cc(-c3ccccc3)ccc21. The summed E-state index contributed by atoms with van der Waals surface area (Å²) in [6.07, 6.45) is 2.98. The smallest absolute Gasteiger partial charge is 0.307 e. The predicted molar refractivity (Wildman–Crippen MR) is 125 cm³/mol. The molecule has 0 spiro atoms. The van der Waals surface area contributed by atoms with Crippen molar-refractivity contribution >= 4 is 11.7 Å². The van der Waals surface area contributed by atoms with E-state index in [-0.39, 0.29) is 6.42 Å². The lowest BCUT2D eigenvalue weighted by molar-refractivity contribution is -0.136. The molecule has 0 amide bonds. The van der Waals surface area contributed by atoms with E-state index in [0.29, 0.717) is 19.0 Å². The van der Waals surface area contributed by atoms with Gasteiger partial charge in [-0.15, -0.1) is 0 Å². The molecule has 1 aliphatic carbocycles. The summed E-state index contributed by atoms with van der Waals surface area (Å²) < 4.78 is 5.80. The van der Waals surface area contributed by atoms with E-state index < -0.39 is 5.97 Å². The number of aliphatic carboxylic acids is 1. The van der Waals surface area contributed by atoms with Gasteiger partial charge in [0.15, 0.2) is 6.61 Å². The van der Waals surface area contributed by atoms with Gasteiger partial charge in [0.05, 0.1) is 12.1 Å². The number of carboxylic acid groups (broad SMARTS) is 1. The minimum absolute atomic E-state index is 0.0153. The summed E-state index contributed by atoms with van der Waals surface area (Å²) in [4.78, 5) is 16.6. The molecule has 0 aliphatic heterocycles. The maximum atomic E-state index is 11.0. The summed E-state index contributed by atoms with van der Waals surface area (Å²) in [5.41, 5.74) is 7.49. The first kappa shape index (κ1) is 21.6. The second kappa shape index (κ2) is 10.1. The van der Waals surface area contributed by atoms with Crippen molar-refractivity contribution in [3.63, 3.8) is 0 Å². The highest BCUT2D eigenvalue weighted by Crippen LogP contribution is 2.28. The van der Waals surface area contributed by atoms with Crippen LogP contribution in [0, 0.1) is 6.92 Å². The van der Waals surface area contributed by atoms with Gasteiger partial charge in [0.1, 0.15) is 12.4 Å². The van der Waals surface area contributed by atoms with E-state index >= 15 is 0 Å². The van der Waals surface area contributed by atoms with Crippen molar-refractivity contribution in [2.45, 2.75) is 32.6 Å². The Morgan fingerprint density at radius 2 is 1.81 bits per heavy atom. The minimum Gasteiger partial charge on any atom is -0.490 e. The van der Waals surface area contributed by atoms with Crippen molar-refractivity contribution in [2.75, 3.05) is 13.2 Å². The van der Waals surface area contributed by atoms with Crippen LogP contribution in [0.3, 0.4) is 0 Å². The van der Waals surface area contributed by atoms with Gasteiger partial charge in [0.25, 0.3) is 0 Å². The second-order valence-electron chi connectivity index (χ2n) is 7.92. The Morgan fingerprint density at radius 3 is 2.62 bits per heavy atom. The van der Waals surface area contributed by atoms with Crippen molar-refractivity contribution in [3.05, 3.63) is 89.0 Å². The van der Waals surface area contributed by atoms with Crippen LogP contribution in [0.15, 0.2) is 71.9 Å². The first-order chi connectivity index (χ1) is 15.6. The number of oxime groups is 1. The fourth-order valence-electron chi connectivity index (χ4n) is 4.05. The van der Waals surface area contributed by atoms with Crippen LogP contribution in [-0.4, -0.2) is 30.0 Å². The molecule has 0 bridgehead atoms. The summed E-state index contributed by atoms with van der Waals surface area (Å²) in [7, 11) is 0. The lowest BCUT2D eigenvalue weighted by Crippen LogP contribution is -2.13. The van der Waals surface area contributed by atoms with Crippen LogP contribution < -0.4 is 4.74 Å². The van der Waals surface area contributed by atoms with Gasteiger partial charge < -0.3 is 14.7 Å². The van der Waals surface area contributed by atoms with Gasteiger partial charge in [-0.3, -0.25) is 4.79 Å². The first-order valence-corrected chi connectivity index (χ1v) is 10.9. The van der Waals surface area contributed by atoms with Crippen LogP contribution in [0.25, 0.3) is 11.1 Å². The molecule has 0 radical (unpaired) electrons. The molecule has 3 aromatic rings. The van der Waals surface area contributed by atoms with E-state index in [9.17, 15) is 4.79 Å². The normalized spacial score (nSPS) is 14.1. The highest BCUT2D eigenvalue weighted by Gasteiger charge is 2.17. The fraction of sp³-hybridized carbons (Fsp3) is 0.259. The number of nitrogens with zero attached hydrogens (tertiary/aromatic N) is 1. The van der Waals surface area contributed by atoms with Crippen LogP contribution in [0.4, 0.5) is 0 Å². The zero-order valence-electron chi connectivity index (χ0n) is 18.2. The monoisotopic (exact) mass is 429 g/mol. The molecule has 0 fully saturated rings. The molecule has 0 unspecified atom stereocenters. The molecule has 0 atom stereocenters. The molecule has 1 aliphatic rings. The molecule has 5 heteroatoms. The molecule has 4 rings (SSSR count). The average Bonchev–Trinajstić information content (AvgIpc) is 2.81. The molecule has 164 valence electrons. The largest absolute Gasteiger partial charge is 0.490 e. The van der Waals surface area contributed by atoms with Gasteiger partial charge in [0.2, 0.25) is 0 Å². The van der Waals surface area contributed by atoms with Crippen LogP contribution in [0.1, 0.15) is 35.1 Å². The Labute approximate surface area is 188 Å². The van der Waals surface area contributed by atoms with Crippen molar-refractivity contribution < 1.29 is 19.5 Å². The third-order valence-electron chi connectivity index (χ3n) is 5.73. The molecule has 3 aromatic carbocycles. The molecular weight excluding hydrogens is 402 g/mol. The lowest BCUT2D eigenvalue weighted by atomic mass is 9.88. The van der Waals surface area contributed by atoms with Gasteiger partial charge in [-0.05, 0) is 60.1 Å². The van der Waals surface area contributed by atoms with E-state index in [1.165, 1.54) is 16.7 Å². The Kier molecular flexibility index (Phi) is 6.85. The maximum Gasteiger partial charge on any atom is 0.307 e. The molecule has 0 saturated heterocycles. The van der Waals surface area contributed by atoms with E-state index in [1.807, 2.05) is 31.2 Å². The van der Waals surface area contributed by atoms with Crippen molar-refractivity contribution in [1.29, 1.82) is 0 Å². The number of ether oxygens (including phenoxy) is 1. The molecule has 0 heterocycles. The molecular formula is C27H27NO4. The highest BCUT2D eigenvalue weighted by molar-refractivity contribution is 6.02. The topological polar surface area (TPSA) is 68.1 Å².